The summed E-state index contributed by atoms with van der Waals surface area (Å²) in [5.74, 6) is -1.45. The van der Waals surface area contributed by atoms with Gasteiger partial charge in [-0.25, -0.2) is 9.18 Å². The normalized spacial score (nSPS) is 11.3. The number of benzene rings is 1. The van der Waals surface area contributed by atoms with Gasteiger partial charge in [0.1, 0.15) is 5.82 Å². The minimum atomic E-state index is -1.06. The Hall–Kier alpha value is -1.68. The molecule has 92 valence electrons. The van der Waals surface area contributed by atoms with E-state index in [0.29, 0.717) is 11.1 Å². The largest absolute Gasteiger partial charge is 0.478 e. The van der Waals surface area contributed by atoms with E-state index in [1.165, 1.54) is 12.1 Å². The van der Waals surface area contributed by atoms with Crippen LogP contribution in [0.2, 0.25) is 0 Å². The first kappa shape index (κ1) is 13.4. The average molecular weight is 238 g/mol. The van der Waals surface area contributed by atoms with E-state index in [2.05, 4.69) is 0 Å². The highest BCUT2D eigenvalue weighted by Crippen LogP contribution is 2.13. The molecule has 1 rings (SSSR count). The van der Waals surface area contributed by atoms with Crippen molar-refractivity contribution in [2.24, 2.45) is 0 Å². The molecule has 0 saturated carbocycles. The topological polar surface area (TPSA) is 46.5 Å². The number of carbonyl (C=O) groups is 1. The zero-order valence-corrected chi connectivity index (χ0v) is 9.81. The summed E-state index contributed by atoms with van der Waals surface area (Å²) in [7, 11) is 0. The van der Waals surface area contributed by atoms with E-state index >= 15 is 0 Å². The number of halogens is 1. The maximum Gasteiger partial charge on any atom is 0.328 e. The molecule has 0 aromatic heterocycles. The van der Waals surface area contributed by atoms with Crippen molar-refractivity contribution in [1.29, 1.82) is 0 Å². The van der Waals surface area contributed by atoms with Gasteiger partial charge >= 0.3 is 5.97 Å². The van der Waals surface area contributed by atoms with Crippen LogP contribution in [0.25, 0.3) is 6.08 Å². The highest BCUT2D eigenvalue weighted by molar-refractivity contribution is 5.85. The lowest BCUT2D eigenvalue weighted by Crippen LogP contribution is -2.03. The number of hydrogen-bond donors (Lipinski definition) is 1. The molecule has 0 atom stereocenters. The molecule has 0 aliphatic carbocycles. The second kappa shape index (κ2) is 6.15. The van der Waals surface area contributed by atoms with Crippen LogP contribution in [0.5, 0.6) is 0 Å². The summed E-state index contributed by atoms with van der Waals surface area (Å²) in [5.41, 5.74) is 0.976. The number of ether oxygens (including phenoxy) is 1. The molecule has 0 saturated heterocycles. The molecule has 1 aromatic rings. The Morgan fingerprint density at radius 1 is 1.53 bits per heavy atom. The maximum absolute atomic E-state index is 13.6. The lowest BCUT2D eigenvalue weighted by atomic mass is 10.1. The summed E-state index contributed by atoms with van der Waals surface area (Å²) in [6.07, 6.45) is 2.36. The van der Waals surface area contributed by atoms with Gasteiger partial charge in [0, 0.05) is 11.6 Å². The quantitative estimate of drug-likeness (QED) is 0.802. The second-order valence-corrected chi connectivity index (χ2v) is 3.88. The third kappa shape index (κ3) is 4.78. The zero-order valence-electron chi connectivity index (χ0n) is 9.81. The fourth-order valence-corrected chi connectivity index (χ4v) is 1.21. The van der Waals surface area contributed by atoms with Crippen LogP contribution in [0.4, 0.5) is 4.39 Å². The molecule has 0 radical (unpaired) electrons. The number of carboxylic acid groups (broad SMARTS) is 1. The minimum Gasteiger partial charge on any atom is -0.478 e. The number of aliphatic carboxylic acids is 1. The van der Waals surface area contributed by atoms with Gasteiger partial charge in [-0.05, 0) is 31.6 Å². The van der Waals surface area contributed by atoms with Crippen LogP contribution in [0.15, 0.2) is 24.3 Å². The van der Waals surface area contributed by atoms with Gasteiger partial charge in [0.05, 0.1) is 12.7 Å². The zero-order chi connectivity index (χ0) is 12.8. The van der Waals surface area contributed by atoms with Gasteiger partial charge in [0.2, 0.25) is 0 Å². The Balaban J connectivity index is 2.75. The first-order valence-corrected chi connectivity index (χ1v) is 5.30. The fraction of sp³-hybridized carbons (Fsp3) is 0.308. The standard InChI is InChI=1S/C13H15FO3/c1-9(2)17-8-11-5-3-10(7-12(11)14)4-6-13(15)16/h3-7,9H,8H2,1-2H3,(H,15,16)/b6-4+. The molecule has 4 heteroatoms. The van der Waals surface area contributed by atoms with Crippen LogP contribution >= 0.6 is 0 Å². The van der Waals surface area contributed by atoms with E-state index in [0.717, 1.165) is 6.08 Å². The maximum atomic E-state index is 13.6. The number of hydrogen-bond acceptors (Lipinski definition) is 2. The average Bonchev–Trinajstić information content (AvgIpc) is 2.24. The van der Waals surface area contributed by atoms with Crippen LogP contribution in [0, 0.1) is 5.82 Å². The predicted octanol–water partition coefficient (Wildman–Crippen LogP) is 2.85. The van der Waals surface area contributed by atoms with Gasteiger partial charge < -0.3 is 9.84 Å². The third-order valence-electron chi connectivity index (χ3n) is 2.07. The summed E-state index contributed by atoms with van der Waals surface area (Å²) in [4.78, 5) is 10.3. The summed E-state index contributed by atoms with van der Waals surface area (Å²) in [6, 6.07) is 4.54. The van der Waals surface area contributed by atoms with E-state index in [1.54, 1.807) is 12.1 Å². The Morgan fingerprint density at radius 3 is 2.76 bits per heavy atom. The molecule has 1 aromatic carbocycles. The minimum absolute atomic E-state index is 0.0426. The summed E-state index contributed by atoms with van der Waals surface area (Å²) in [5, 5.41) is 8.44. The van der Waals surface area contributed by atoms with Crippen LogP contribution < -0.4 is 0 Å². The van der Waals surface area contributed by atoms with Crippen molar-refractivity contribution in [3.05, 3.63) is 41.2 Å². The molecule has 3 nitrogen and oxygen atoms in total. The summed E-state index contributed by atoms with van der Waals surface area (Å²) < 4.78 is 18.9. The Bertz CT molecular complexity index is 425. The fourth-order valence-electron chi connectivity index (χ4n) is 1.21. The molecule has 0 unspecified atom stereocenters. The van der Waals surface area contributed by atoms with E-state index in [-0.39, 0.29) is 12.7 Å². The first-order chi connectivity index (χ1) is 7.99. The van der Waals surface area contributed by atoms with Gasteiger partial charge in [-0.1, -0.05) is 12.1 Å². The molecular formula is C13H15FO3. The van der Waals surface area contributed by atoms with E-state index < -0.39 is 11.8 Å². The Morgan fingerprint density at radius 2 is 2.24 bits per heavy atom. The lowest BCUT2D eigenvalue weighted by molar-refractivity contribution is -0.131. The van der Waals surface area contributed by atoms with Crippen molar-refractivity contribution in [2.45, 2.75) is 26.6 Å². The van der Waals surface area contributed by atoms with Gasteiger partial charge in [0.25, 0.3) is 0 Å². The molecule has 17 heavy (non-hydrogen) atoms. The molecule has 0 bridgehead atoms. The molecule has 0 heterocycles. The van der Waals surface area contributed by atoms with Crippen molar-refractivity contribution < 1.29 is 19.0 Å². The van der Waals surface area contributed by atoms with Crippen LogP contribution in [0.3, 0.4) is 0 Å². The summed E-state index contributed by atoms with van der Waals surface area (Å²) >= 11 is 0. The van der Waals surface area contributed by atoms with E-state index in [1.807, 2.05) is 13.8 Å². The van der Waals surface area contributed by atoms with E-state index in [9.17, 15) is 9.18 Å². The van der Waals surface area contributed by atoms with Crippen LogP contribution in [0.1, 0.15) is 25.0 Å². The number of rotatable bonds is 5. The molecular weight excluding hydrogens is 223 g/mol. The van der Waals surface area contributed by atoms with Gasteiger partial charge in [-0.3, -0.25) is 0 Å². The van der Waals surface area contributed by atoms with Crippen LogP contribution in [-0.4, -0.2) is 17.2 Å². The van der Waals surface area contributed by atoms with Crippen molar-refractivity contribution in [3.8, 4) is 0 Å². The predicted molar refractivity (Wildman–Crippen MR) is 63.0 cm³/mol. The molecule has 0 amide bonds. The smallest absolute Gasteiger partial charge is 0.328 e. The number of carboxylic acids is 1. The highest BCUT2D eigenvalue weighted by atomic mass is 19.1. The van der Waals surface area contributed by atoms with Gasteiger partial charge in [-0.2, -0.15) is 0 Å². The van der Waals surface area contributed by atoms with Crippen molar-refractivity contribution >= 4 is 12.0 Å². The lowest BCUT2D eigenvalue weighted by Gasteiger charge is -2.08. The third-order valence-corrected chi connectivity index (χ3v) is 2.07. The van der Waals surface area contributed by atoms with E-state index in [4.69, 9.17) is 9.84 Å². The van der Waals surface area contributed by atoms with Crippen molar-refractivity contribution in [1.82, 2.24) is 0 Å². The Labute approximate surface area is 99.5 Å². The highest BCUT2D eigenvalue weighted by Gasteiger charge is 2.04. The summed E-state index contributed by atoms with van der Waals surface area (Å²) in [6.45, 7) is 3.97. The molecule has 0 fully saturated rings. The molecule has 0 spiro atoms. The van der Waals surface area contributed by atoms with Crippen LogP contribution in [-0.2, 0) is 16.1 Å². The van der Waals surface area contributed by atoms with Crippen molar-refractivity contribution in [3.63, 3.8) is 0 Å². The van der Waals surface area contributed by atoms with Crippen molar-refractivity contribution in [2.75, 3.05) is 0 Å². The molecule has 0 aliphatic rings. The first-order valence-electron chi connectivity index (χ1n) is 5.30. The molecule has 0 aliphatic heterocycles. The van der Waals surface area contributed by atoms with Gasteiger partial charge in [0.15, 0.2) is 0 Å². The SMILES string of the molecule is CC(C)OCc1ccc(/C=C/C(=O)O)cc1F. The Kier molecular flexibility index (Phi) is 4.84. The van der Waals surface area contributed by atoms with Gasteiger partial charge in [-0.15, -0.1) is 0 Å². The second-order valence-electron chi connectivity index (χ2n) is 3.88. The molecule has 1 N–H and O–H groups in total. The monoisotopic (exact) mass is 238 g/mol.